The van der Waals surface area contributed by atoms with Crippen molar-refractivity contribution >= 4 is 27.7 Å². The van der Waals surface area contributed by atoms with E-state index in [1.54, 1.807) is 25.4 Å². The minimum absolute atomic E-state index is 0.245. The predicted molar refractivity (Wildman–Crippen MR) is 73.1 cm³/mol. The molecule has 0 radical (unpaired) electrons. The number of carbonyl (C=O) groups excluding carboxylic acids is 1. The largest absolute Gasteiger partial charge is 0.351 e. The molecule has 0 unspecified atom stereocenters. The van der Waals surface area contributed by atoms with Crippen LogP contribution in [0, 0.1) is 0 Å². The van der Waals surface area contributed by atoms with Crippen molar-refractivity contribution in [3.05, 3.63) is 40.3 Å². The molecular weight excluding hydrogens is 310 g/mol. The van der Waals surface area contributed by atoms with Gasteiger partial charge in [-0.15, -0.1) is 0 Å². The maximum absolute atomic E-state index is 12.2. The highest BCUT2D eigenvalue weighted by molar-refractivity contribution is 9.10. The molecule has 0 bridgehead atoms. The first kappa shape index (κ1) is 12.3. The second-order valence-corrected chi connectivity index (χ2v) is 5.50. The summed E-state index contributed by atoms with van der Waals surface area (Å²) in [6.45, 7) is 0. The molecule has 0 aliphatic heterocycles. The van der Waals surface area contributed by atoms with Crippen LogP contribution in [-0.2, 0) is 0 Å². The van der Waals surface area contributed by atoms with Crippen LogP contribution in [0.15, 0.2) is 33.4 Å². The highest BCUT2D eigenvalue weighted by Gasteiger charge is 2.29. The SMILES string of the molecule is CN(C(=O)c1cc(C2CC2)no1)c1cc(Br)ccn1. The summed E-state index contributed by atoms with van der Waals surface area (Å²) in [7, 11) is 1.66. The first-order chi connectivity index (χ1) is 9.15. The van der Waals surface area contributed by atoms with E-state index in [0.29, 0.717) is 11.7 Å². The fourth-order valence-corrected chi connectivity index (χ4v) is 2.13. The van der Waals surface area contributed by atoms with Crippen molar-refractivity contribution in [2.75, 3.05) is 11.9 Å². The Labute approximate surface area is 118 Å². The molecule has 6 heteroatoms. The van der Waals surface area contributed by atoms with E-state index < -0.39 is 0 Å². The van der Waals surface area contributed by atoms with E-state index in [0.717, 1.165) is 23.0 Å². The smallest absolute Gasteiger partial charge is 0.297 e. The van der Waals surface area contributed by atoms with Crippen molar-refractivity contribution in [3.8, 4) is 0 Å². The van der Waals surface area contributed by atoms with Crippen LogP contribution >= 0.6 is 15.9 Å². The average Bonchev–Trinajstić information content (AvgIpc) is 3.15. The molecule has 1 aliphatic rings. The monoisotopic (exact) mass is 321 g/mol. The normalized spacial score (nSPS) is 14.4. The number of aromatic nitrogens is 2. The number of hydrogen-bond acceptors (Lipinski definition) is 4. The number of anilines is 1. The Kier molecular flexibility index (Phi) is 3.10. The molecule has 0 spiro atoms. The number of pyridine rings is 1. The molecule has 19 heavy (non-hydrogen) atoms. The molecule has 1 saturated carbocycles. The van der Waals surface area contributed by atoms with Gasteiger partial charge in [0.05, 0.1) is 5.69 Å². The summed E-state index contributed by atoms with van der Waals surface area (Å²) >= 11 is 3.35. The first-order valence-corrected chi connectivity index (χ1v) is 6.80. The van der Waals surface area contributed by atoms with Crippen molar-refractivity contribution in [3.63, 3.8) is 0 Å². The van der Waals surface area contributed by atoms with Gasteiger partial charge in [-0.1, -0.05) is 21.1 Å². The molecule has 2 aromatic rings. The minimum atomic E-state index is -0.245. The molecule has 0 atom stereocenters. The third-order valence-electron chi connectivity index (χ3n) is 3.09. The van der Waals surface area contributed by atoms with Crippen LogP contribution in [0.2, 0.25) is 0 Å². The molecule has 1 aliphatic carbocycles. The summed E-state index contributed by atoms with van der Waals surface area (Å²) in [5, 5.41) is 3.94. The summed E-state index contributed by atoms with van der Waals surface area (Å²) in [6.07, 6.45) is 3.89. The average molecular weight is 322 g/mol. The van der Waals surface area contributed by atoms with E-state index in [4.69, 9.17) is 4.52 Å². The third kappa shape index (κ3) is 2.53. The van der Waals surface area contributed by atoms with E-state index in [-0.39, 0.29) is 11.7 Å². The molecular formula is C13H12BrN3O2. The zero-order valence-electron chi connectivity index (χ0n) is 10.3. The van der Waals surface area contributed by atoms with Crippen LogP contribution in [-0.4, -0.2) is 23.1 Å². The summed E-state index contributed by atoms with van der Waals surface area (Å²) < 4.78 is 5.99. The van der Waals surface area contributed by atoms with Crippen LogP contribution in [0.25, 0.3) is 0 Å². The number of halogens is 1. The van der Waals surface area contributed by atoms with Gasteiger partial charge in [-0.3, -0.25) is 9.69 Å². The lowest BCUT2D eigenvalue weighted by atomic mass is 10.2. The Bertz CT molecular complexity index is 622. The van der Waals surface area contributed by atoms with Gasteiger partial charge in [0.25, 0.3) is 5.91 Å². The molecule has 3 rings (SSSR count). The standard InChI is InChI=1S/C13H12BrN3O2/c1-17(12-6-9(14)4-5-15-12)13(18)11-7-10(16-19-11)8-2-3-8/h4-8H,2-3H2,1H3. The topological polar surface area (TPSA) is 59.2 Å². The van der Waals surface area contributed by atoms with Crippen molar-refractivity contribution in [1.82, 2.24) is 10.1 Å². The number of hydrogen-bond donors (Lipinski definition) is 0. The number of carbonyl (C=O) groups is 1. The highest BCUT2D eigenvalue weighted by Crippen LogP contribution is 2.39. The van der Waals surface area contributed by atoms with Gasteiger partial charge in [0, 0.05) is 29.7 Å². The van der Waals surface area contributed by atoms with Crippen molar-refractivity contribution < 1.29 is 9.32 Å². The molecule has 0 N–H and O–H groups in total. The second kappa shape index (κ2) is 4.77. The van der Waals surface area contributed by atoms with Crippen LogP contribution in [0.4, 0.5) is 5.82 Å². The zero-order chi connectivity index (χ0) is 13.4. The van der Waals surface area contributed by atoms with Gasteiger partial charge in [0.2, 0.25) is 5.76 Å². The number of nitrogens with zero attached hydrogens (tertiary/aromatic N) is 3. The molecule has 5 nitrogen and oxygen atoms in total. The fourth-order valence-electron chi connectivity index (χ4n) is 1.81. The Balaban J connectivity index is 1.81. The summed E-state index contributed by atoms with van der Waals surface area (Å²) in [6, 6.07) is 5.31. The first-order valence-electron chi connectivity index (χ1n) is 6.01. The van der Waals surface area contributed by atoms with E-state index >= 15 is 0 Å². The maximum Gasteiger partial charge on any atom is 0.297 e. The van der Waals surface area contributed by atoms with Crippen LogP contribution in [0.1, 0.15) is 35.0 Å². The second-order valence-electron chi connectivity index (χ2n) is 4.59. The van der Waals surface area contributed by atoms with Crippen LogP contribution < -0.4 is 4.90 Å². The van der Waals surface area contributed by atoms with Gasteiger partial charge in [-0.2, -0.15) is 0 Å². The third-order valence-corrected chi connectivity index (χ3v) is 3.58. The van der Waals surface area contributed by atoms with Gasteiger partial charge < -0.3 is 4.52 Å². The summed E-state index contributed by atoms with van der Waals surface area (Å²) in [5.74, 6) is 1.04. The maximum atomic E-state index is 12.2. The Morgan fingerprint density at radius 1 is 1.47 bits per heavy atom. The summed E-state index contributed by atoms with van der Waals surface area (Å²) in [4.78, 5) is 17.8. The van der Waals surface area contributed by atoms with Crippen molar-refractivity contribution in [1.29, 1.82) is 0 Å². The lowest BCUT2D eigenvalue weighted by Crippen LogP contribution is -2.26. The van der Waals surface area contributed by atoms with Gasteiger partial charge in [0.1, 0.15) is 5.82 Å². The van der Waals surface area contributed by atoms with Crippen LogP contribution in [0.3, 0.4) is 0 Å². The Morgan fingerprint density at radius 3 is 2.95 bits per heavy atom. The van der Waals surface area contributed by atoms with Crippen molar-refractivity contribution in [2.45, 2.75) is 18.8 Å². The van der Waals surface area contributed by atoms with E-state index in [1.807, 2.05) is 6.07 Å². The molecule has 1 amide bonds. The number of amides is 1. The lowest BCUT2D eigenvalue weighted by Gasteiger charge is -2.14. The highest BCUT2D eigenvalue weighted by atomic mass is 79.9. The minimum Gasteiger partial charge on any atom is -0.351 e. The van der Waals surface area contributed by atoms with Gasteiger partial charge in [-0.25, -0.2) is 4.98 Å². The van der Waals surface area contributed by atoms with Gasteiger partial charge >= 0.3 is 0 Å². The van der Waals surface area contributed by atoms with E-state index in [2.05, 4.69) is 26.1 Å². The molecule has 0 aromatic carbocycles. The Hall–Kier alpha value is -1.69. The predicted octanol–water partition coefficient (Wildman–Crippen LogP) is 2.99. The molecule has 98 valence electrons. The molecule has 2 aromatic heterocycles. The van der Waals surface area contributed by atoms with Crippen molar-refractivity contribution in [2.24, 2.45) is 0 Å². The molecule has 0 saturated heterocycles. The van der Waals surface area contributed by atoms with Gasteiger partial charge in [0.15, 0.2) is 0 Å². The lowest BCUT2D eigenvalue weighted by molar-refractivity contribution is 0.0956. The van der Waals surface area contributed by atoms with E-state index in [9.17, 15) is 4.79 Å². The quantitative estimate of drug-likeness (QED) is 0.872. The van der Waals surface area contributed by atoms with E-state index in [1.165, 1.54) is 4.90 Å². The van der Waals surface area contributed by atoms with Gasteiger partial charge in [-0.05, 0) is 25.0 Å². The molecule has 2 heterocycles. The number of rotatable bonds is 3. The zero-order valence-corrected chi connectivity index (χ0v) is 11.9. The summed E-state index contributed by atoms with van der Waals surface area (Å²) in [5.41, 5.74) is 0.874. The van der Waals surface area contributed by atoms with Crippen LogP contribution in [0.5, 0.6) is 0 Å². The Morgan fingerprint density at radius 2 is 2.26 bits per heavy atom. The fraction of sp³-hybridized carbons (Fsp3) is 0.308. The molecule has 1 fully saturated rings.